The summed E-state index contributed by atoms with van der Waals surface area (Å²) in [7, 11) is 2.04. The number of nitrogens with zero attached hydrogens (tertiary/aromatic N) is 1. The van der Waals surface area contributed by atoms with Crippen molar-refractivity contribution in [1.29, 1.82) is 0 Å². The number of benzene rings is 1. The average Bonchev–Trinajstić information content (AvgIpc) is 2.68. The summed E-state index contributed by atoms with van der Waals surface area (Å²) < 4.78 is 0. The average molecular weight is 234 g/mol. The van der Waals surface area contributed by atoms with Gasteiger partial charge in [0.25, 0.3) is 5.91 Å². The third kappa shape index (κ3) is 2.58. The third-order valence-corrected chi connectivity index (χ3v) is 3.21. The molecule has 0 bridgehead atoms. The molecule has 1 heterocycles. The van der Waals surface area contributed by atoms with Crippen molar-refractivity contribution in [2.75, 3.05) is 20.1 Å². The highest BCUT2D eigenvalue weighted by atomic mass is 16.3. The summed E-state index contributed by atoms with van der Waals surface area (Å²) in [5.41, 5.74) is 1.08. The molecular formula is C13H18N2O2. The van der Waals surface area contributed by atoms with Crippen molar-refractivity contribution in [3.05, 3.63) is 29.3 Å². The molecule has 0 saturated carbocycles. The molecule has 1 aliphatic rings. The van der Waals surface area contributed by atoms with Crippen LogP contribution >= 0.6 is 0 Å². The number of likely N-dealkylation sites (N-methyl/N-ethyl adjacent to an activating group) is 1. The molecule has 2 N–H and O–H groups in total. The van der Waals surface area contributed by atoms with Crippen LogP contribution in [-0.2, 0) is 0 Å². The van der Waals surface area contributed by atoms with E-state index in [2.05, 4.69) is 10.2 Å². The molecule has 1 atom stereocenters. The van der Waals surface area contributed by atoms with Gasteiger partial charge >= 0.3 is 0 Å². The van der Waals surface area contributed by atoms with Gasteiger partial charge in [-0.3, -0.25) is 4.79 Å². The number of hydrogen-bond acceptors (Lipinski definition) is 3. The molecule has 0 spiro atoms. The molecule has 1 fully saturated rings. The molecule has 92 valence electrons. The maximum Gasteiger partial charge on any atom is 0.255 e. The van der Waals surface area contributed by atoms with Crippen LogP contribution in [0.1, 0.15) is 22.3 Å². The number of aromatic hydroxyl groups is 1. The van der Waals surface area contributed by atoms with E-state index in [9.17, 15) is 9.90 Å². The molecule has 1 aromatic rings. The molecule has 4 heteroatoms. The molecule has 2 rings (SSSR count). The van der Waals surface area contributed by atoms with Gasteiger partial charge in [0, 0.05) is 12.6 Å². The van der Waals surface area contributed by atoms with Crippen LogP contribution in [0.3, 0.4) is 0 Å². The zero-order valence-electron chi connectivity index (χ0n) is 10.2. The van der Waals surface area contributed by atoms with Crippen LogP contribution in [0.4, 0.5) is 0 Å². The summed E-state index contributed by atoms with van der Waals surface area (Å²) in [4.78, 5) is 14.2. The Morgan fingerprint density at radius 1 is 1.53 bits per heavy atom. The lowest BCUT2D eigenvalue weighted by Gasteiger charge is -2.14. The molecule has 4 nitrogen and oxygen atoms in total. The van der Waals surface area contributed by atoms with Gasteiger partial charge in [-0.05, 0) is 38.6 Å². The number of carbonyl (C=O) groups is 1. The lowest BCUT2D eigenvalue weighted by Crippen LogP contribution is -2.36. The van der Waals surface area contributed by atoms with E-state index >= 15 is 0 Å². The summed E-state index contributed by atoms with van der Waals surface area (Å²) >= 11 is 0. The fourth-order valence-corrected chi connectivity index (χ4v) is 2.16. The van der Waals surface area contributed by atoms with E-state index in [-0.39, 0.29) is 17.7 Å². The molecule has 1 saturated heterocycles. The van der Waals surface area contributed by atoms with Crippen molar-refractivity contribution in [1.82, 2.24) is 10.2 Å². The molecule has 1 amide bonds. The zero-order valence-corrected chi connectivity index (χ0v) is 10.2. The molecule has 17 heavy (non-hydrogen) atoms. The minimum absolute atomic E-state index is 0.0800. The summed E-state index contributed by atoms with van der Waals surface area (Å²) in [5.74, 6) is -0.108. The van der Waals surface area contributed by atoms with E-state index in [1.165, 1.54) is 0 Å². The minimum Gasteiger partial charge on any atom is -0.507 e. The quantitative estimate of drug-likeness (QED) is 0.806. The maximum atomic E-state index is 12.0. The Morgan fingerprint density at radius 3 is 2.94 bits per heavy atom. The normalized spacial score (nSPS) is 20.5. The SMILES string of the molecule is Cc1cccc(C(=O)NC2CCN(C)C2)c1O. The summed E-state index contributed by atoms with van der Waals surface area (Å²) in [6.45, 7) is 3.67. The van der Waals surface area contributed by atoms with E-state index in [1.807, 2.05) is 7.05 Å². The summed E-state index contributed by atoms with van der Waals surface area (Å²) in [6, 6.07) is 5.41. The highest BCUT2D eigenvalue weighted by molar-refractivity contribution is 5.97. The number of carbonyl (C=O) groups excluding carboxylic acids is 1. The molecule has 0 aromatic heterocycles. The van der Waals surface area contributed by atoms with Gasteiger partial charge in [0.05, 0.1) is 5.56 Å². The Hall–Kier alpha value is -1.55. The van der Waals surface area contributed by atoms with Gasteiger partial charge in [0.1, 0.15) is 5.75 Å². The van der Waals surface area contributed by atoms with Crippen LogP contribution in [0, 0.1) is 6.92 Å². The number of phenols is 1. The first-order chi connectivity index (χ1) is 8.08. The Kier molecular flexibility index (Phi) is 3.33. The van der Waals surface area contributed by atoms with Crippen LogP contribution in [0.25, 0.3) is 0 Å². The van der Waals surface area contributed by atoms with Crippen molar-refractivity contribution < 1.29 is 9.90 Å². The summed E-state index contributed by atoms with van der Waals surface area (Å²) in [6.07, 6.45) is 0.967. The third-order valence-electron chi connectivity index (χ3n) is 3.21. The molecule has 1 aliphatic heterocycles. The number of para-hydroxylation sites is 1. The lowest BCUT2D eigenvalue weighted by atomic mass is 10.1. The Labute approximate surface area is 101 Å². The largest absolute Gasteiger partial charge is 0.507 e. The second-order valence-corrected chi connectivity index (χ2v) is 4.69. The first-order valence-corrected chi connectivity index (χ1v) is 5.86. The van der Waals surface area contributed by atoms with Gasteiger partial charge in [0.15, 0.2) is 0 Å². The number of hydrogen-bond donors (Lipinski definition) is 2. The smallest absolute Gasteiger partial charge is 0.255 e. The number of aryl methyl sites for hydroxylation is 1. The predicted molar refractivity (Wildman–Crippen MR) is 66.2 cm³/mol. The zero-order chi connectivity index (χ0) is 12.4. The van der Waals surface area contributed by atoms with Crippen LogP contribution in [0.5, 0.6) is 5.75 Å². The van der Waals surface area contributed by atoms with Crippen LogP contribution in [0.2, 0.25) is 0 Å². The van der Waals surface area contributed by atoms with Gasteiger partial charge in [0.2, 0.25) is 0 Å². The van der Waals surface area contributed by atoms with Gasteiger partial charge in [-0.25, -0.2) is 0 Å². The van der Waals surface area contributed by atoms with Gasteiger partial charge in [-0.15, -0.1) is 0 Å². The fraction of sp³-hybridized carbons (Fsp3) is 0.462. The van der Waals surface area contributed by atoms with Crippen LogP contribution < -0.4 is 5.32 Å². The highest BCUT2D eigenvalue weighted by Gasteiger charge is 2.22. The first-order valence-electron chi connectivity index (χ1n) is 5.86. The van der Waals surface area contributed by atoms with Gasteiger partial charge in [-0.1, -0.05) is 12.1 Å². The summed E-state index contributed by atoms with van der Waals surface area (Å²) in [5, 5.41) is 12.8. The fourth-order valence-electron chi connectivity index (χ4n) is 2.16. The van der Waals surface area contributed by atoms with Crippen molar-refractivity contribution in [2.24, 2.45) is 0 Å². The number of phenolic OH excluding ortho intramolecular Hbond substituents is 1. The van der Waals surface area contributed by atoms with Crippen LogP contribution in [-0.4, -0.2) is 42.1 Å². The van der Waals surface area contributed by atoms with E-state index in [1.54, 1.807) is 25.1 Å². The van der Waals surface area contributed by atoms with E-state index in [0.717, 1.165) is 25.1 Å². The Bertz CT molecular complexity index is 431. The number of likely N-dealkylation sites (tertiary alicyclic amines) is 1. The van der Waals surface area contributed by atoms with Crippen molar-refractivity contribution in [2.45, 2.75) is 19.4 Å². The molecule has 1 unspecified atom stereocenters. The van der Waals surface area contributed by atoms with Gasteiger partial charge in [-0.2, -0.15) is 0 Å². The Balaban J connectivity index is 2.07. The van der Waals surface area contributed by atoms with E-state index < -0.39 is 0 Å². The van der Waals surface area contributed by atoms with Crippen molar-refractivity contribution in [3.63, 3.8) is 0 Å². The maximum absolute atomic E-state index is 12.0. The second kappa shape index (κ2) is 4.75. The molecule has 1 aromatic carbocycles. The standard InChI is InChI=1S/C13H18N2O2/c1-9-4-3-5-11(12(9)16)13(17)14-10-6-7-15(2)8-10/h3-5,10,16H,6-8H2,1-2H3,(H,14,17). The lowest BCUT2D eigenvalue weighted by molar-refractivity contribution is 0.0935. The topological polar surface area (TPSA) is 52.6 Å². The molecule has 0 aliphatic carbocycles. The molecular weight excluding hydrogens is 216 g/mol. The van der Waals surface area contributed by atoms with E-state index in [0.29, 0.717) is 5.56 Å². The Morgan fingerprint density at radius 2 is 2.29 bits per heavy atom. The first kappa shape index (κ1) is 11.9. The van der Waals surface area contributed by atoms with Gasteiger partial charge < -0.3 is 15.3 Å². The second-order valence-electron chi connectivity index (χ2n) is 4.69. The monoisotopic (exact) mass is 234 g/mol. The van der Waals surface area contributed by atoms with E-state index in [4.69, 9.17) is 0 Å². The van der Waals surface area contributed by atoms with Crippen molar-refractivity contribution >= 4 is 5.91 Å². The number of nitrogens with one attached hydrogen (secondary N) is 1. The number of rotatable bonds is 2. The van der Waals surface area contributed by atoms with Crippen molar-refractivity contribution in [3.8, 4) is 5.75 Å². The predicted octanol–water partition coefficient (Wildman–Crippen LogP) is 1.13. The minimum atomic E-state index is -0.188. The molecule has 0 radical (unpaired) electrons. The highest BCUT2D eigenvalue weighted by Crippen LogP contribution is 2.21. The van der Waals surface area contributed by atoms with Crippen LogP contribution in [0.15, 0.2) is 18.2 Å². The number of amides is 1.